The molecule has 1 saturated heterocycles. The zero-order chi connectivity index (χ0) is 19.6. The summed E-state index contributed by atoms with van der Waals surface area (Å²) in [6.07, 6.45) is 4.11. The van der Waals surface area contributed by atoms with Crippen LogP contribution in [0.15, 0.2) is 30.6 Å². The van der Waals surface area contributed by atoms with E-state index in [9.17, 15) is 0 Å². The first-order valence-electron chi connectivity index (χ1n) is 9.50. The summed E-state index contributed by atoms with van der Waals surface area (Å²) in [5.41, 5.74) is 1.93. The van der Waals surface area contributed by atoms with Gasteiger partial charge in [0.15, 0.2) is 0 Å². The van der Waals surface area contributed by atoms with Gasteiger partial charge in [-0.3, -0.25) is 0 Å². The third kappa shape index (κ3) is 3.52. The van der Waals surface area contributed by atoms with Crippen LogP contribution in [0, 0.1) is 0 Å². The van der Waals surface area contributed by atoms with Crippen LogP contribution in [0.2, 0.25) is 5.02 Å². The van der Waals surface area contributed by atoms with Crippen LogP contribution < -0.4 is 10.1 Å². The quantitative estimate of drug-likeness (QED) is 0.681. The van der Waals surface area contributed by atoms with Gasteiger partial charge in [-0.2, -0.15) is 14.6 Å². The van der Waals surface area contributed by atoms with E-state index in [2.05, 4.69) is 27.3 Å². The second-order valence-corrected chi connectivity index (χ2v) is 7.49. The topological polar surface area (TPSA) is 73.6 Å². The van der Waals surface area contributed by atoms with Crippen LogP contribution in [-0.4, -0.2) is 46.5 Å². The van der Waals surface area contributed by atoms with Gasteiger partial charge in [0.1, 0.15) is 17.9 Å². The van der Waals surface area contributed by atoms with Crippen molar-refractivity contribution >= 4 is 23.2 Å². The van der Waals surface area contributed by atoms with Gasteiger partial charge in [0.05, 0.1) is 7.11 Å². The molecule has 0 bridgehead atoms. The van der Waals surface area contributed by atoms with Gasteiger partial charge < -0.3 is 14.8 Å². The summed E-state index contributed by atoms with van der Waals surface area (Å²) in [6.45, 7) is 4.18. The monoisotopic (exact) mass is 401 g/mol. The molecular formula is C20H24ClN5O2. The zero-order valence-corrected chi connectivity index (χ0v) is 16.9. The lowest BCUT2D eigenvalue weighted by Crippen LogP contribution is -2.40. The van der Waals surface area contributed by atoms with E-state index in [1.807, 2.05) is 24.3 Å². The van der Waals surface area contributed by atoms with E-state index < -0.39 is 0 Å². The SMILES string of the molecule is CCc1cc(NCC2(c3cc(Cl)ccc3OC)CCOCC2)n2ncnc2n1. The molecule has 0 unspecified atom stereocenters. The molecule has 3 heterocycles. The fourth-order valence-electron chi connectivity index (χ4n) is 3.83. The normalized spacial score (nSPS) is 16.2. The number of aromatic nitrogens is 4. The number of nitrogens with one attached hydrogen (secondary N) is 1. The molecule has 8 heteroatoms. The molecule has 1 fully saturated rings. The Morgan fingerprint density at radius 3 is 2.86 bits per heavy atom. The molecule has 0 amide bonds. The molecule has 1 aliphatic heterocycles. The standard InChI is InChI=1S/C20H24ClN5O2/c1-3-15-11-18(26-19(25-15)23-13-24-26)22-12-20(6-8-28-9-7-20)16-10-14(21)4-5-17(16)27-2/h4-5,10-11,13,22H,3,6-9,12H2,1-2H3. The number of aryl methyl sites for hydroxylation is 1. The minimum Gasteiger partial charge on any atom is -0.496 e. The number of ether oxygens (including phenoxy) is 2. The molecule has 2 aromatic heterocycles. The van der Waals surface area contributed by atoms with E-state index in [4.69, 9.17) is 21.1 Å². The van der Waals surface area contributed by atoms with E-state index in [1.54, 1.807) is 11.6 Å². The Morgan fingerprint density at radius 1 is 1.29 bits per heavy atom. The van der Waals surface area contributed by atoms with E-state index in [0.717, 1.165) is 42.1 Å². The third-order valence-corrected chi connectivity index (χ3v) is 5.69. The largest absolute Gasteiger partial charge is 0.496 e. The summed E-state index contributed by atoms with van der Waals surface area (Å²) >= 11 is 6.34. The van der Waals surface area contributed by atoms with Crippen LogP contribution >= 0.6 is 11.6 Å². The molecular weight excluding hydrogens is 378 g/mol. The lowest BCUT2D eigenvalue weighted by Gasteiger charge is -2.39. The highest BCUT2D eigenvalue weighted by Crippen LogP contribution is 2.41. The first kappa shape index (κ1) is 19.0. The first-order valence-corrected chi connectivity index (χ1v) is 9.88. The molecule has 1 aromatic carbocycles. The van der Waals surface area contributed by atoms with Gasteiger partial charge in [0, 0.05) is 47.5 Å². The van der Waals surface area contributed by atoms with Crippen LogP contribution in [0.25, 0.3) is 5.78 Å². The van der Waals surface area contributed by atoms with Gasteiger partial charge in [0.2, 0.25) is 0 Å². The molecule has 7 nitrogen and oxygen atoms in total. The van der Waals surface area contributed by atoms with E-state index in [-0.39, 0.29) is 5.41 Å². The van der Waals surface area contributed by atoms with Crippen LogP contribution in [0.1, 0.15) is 31.0 Å². The van der Waals surface area contributed by atoms with Crippen molar-refractivity contribution in [1.29, 1.82) is 0 Å². The predicted molar refractivity (Wildman–Crippen MR) is 108 cm³/mol. The Balaban J connectivity index is 1.71. The van der Waals surface area contributed by atoms with E-state index in [1.165, 1.54) is 6.33 Å². The fourth-order valence-corrected chi connectivity index (χ4v) is 4.00. The van der Waals surface area contributed by atoms with Gasteiger partial charge >= 0.3 is 0 Å². The molecule has 0 radical (unpaired) electrons. The number of benzene rings is 1. The van der Waals surface area contributed by atoms with Crippen molar-refractivity contribution in [1.82, 2.24) is 19.6 Å². The van der Waals surface area contributed by atoms with Gasteiger partial charge in [0.25, 0.3) is 5.78 Å². The number of halogens is 1. The summed E-state index contributed by atoms with van der Waals surface area (Å²) < 4.78 is 13.1. The maximum Gasteiger partial charge on any atom is 0.254 e. The summed E-state index contributed by atoms with van der Waals surface area (Å²) in [5, 5.41) is 8.61. The van der Waals surface area contributed by atoms with Crippen molar-refractivity contribution in [3.63, 3.8) is 0 Å². The number of anilines is 1. The Labute approximate surface area is 169 Å². The molecule has 0 spiro atoms. The highest BCUT2D eigenvalue weighted by atomic mass is 35.5. The van der Waals surface area contributed by atoms with Gasteiger partial charge in [-0.05, 0) is 37.5 Å². The second-order valence-electron chi connectivity index (χ2n) is 7.05. The fraction of sp³-hybridized carbons (Fsp3) is 0.450. The van der Waals surface area contributed by atoms with Crippen LogP contribution in [0.5, 0.6) is 5.75 Å². The van der Waals surface area contributed by atoms with Crippen molar-refractivity contribution in [3.8, 4) is 5.75 Å². The minimum atomic E-state index is -0.156. The van der Waals surface area contributed by atoms with Crippen LogP contribution in [0.4, 0.5) is 5.82 Å². The number of methoxy groups -OCH3 is 1. The lowest BCUT2D eigenvalue weighted by atomic mass is 9.73. The number of nitrogens with zero attached hydrogens (tertiary/aromatic N) is 4. The Bertz CT molecular complexity index is 968. The van der Waals surface area contributed by atoms with Crippen LogP contribution in [-0.2, 0) is 16.6 Å². The molecule has 148 valence electrons. The molecule has 0 atom stereocenters. The Hall–Kier alpha value is -2.38. The van der Waals surface area contributed by atoms with Gasteiger partial charge in [-0.15, -0.1) is 0 Å². The average Bonchev–Trinajstić information content (AvgIpc) is 3.21. The molecule has 0 saturated carbocycles. The summed E-state index contributed by atoms with van der Waals surface area (Å²) in [4.78, 5) is 8.76. The second kappa shape index (κ2) is 7.93. The van der Waals surface area contributed by atoms with Crippen molar-refractivity contribution in [2.75, 3.05) is 32.2 Å². The minimum absolute atomic E-state index is 0.156. The maximum atomic E-state index is 6.34. The number of fused-ring (bicyclic) bond motifs is 1. The predicted octanol–water partition coefficient (Wildman–Crippen LogP) is 3.51. The molecule has 1 aliphatic rings. The average molecular weight is 402 g/mol. The molecule has 28 heavy (non-hydrogen) atoms. The zero-order valence-electron chi connectivity index (χ0n) is 16.1. The smallest absolute Gasteiger partial charge is 0.254 e. The summed E-state index contributed by atoms with van der Waals surface area (Å²) in [6, 6.07) is 7.85. The molecule has 3 aromatic rings. The van der Waals surface area contributed by atoms with Crippen molar-refractivity contribution in [2.45, 2.75) is 31.6 Å². The van der Waals surface area contributed by atoms with Crippen molar-refractivity contribution in [3.05, 3.63) is 46.9 Å². The molecule has 1 N–H and O–H groups in total. The van der Waals surface area contributed by atoms with Crippen molar-refractivity contribution in [2.24, 2.45) is 0 Å². The Morgan fingerprint density at radius 2 is 2.11 bits per heavy atom. The van der Waals surface area contributed by atoms with E-state index >= 15 is 0 Å². The molecule has 0 aliphatic carbocycles. The summed E-state index contributed by atoms with van der Waals surface area (Å²) in [7, 11) is 1.70. The van der Waals surface area contributed by atoms with Crippen LogP contribution in [0.3, 0.4) is 0 Å². The number of hydrogen-bond donors (Lipinski definition) is 1. The van der Waals surface area contributed by atoms with Gasteiger partial charge in [-0.25, -0.2) is 4.98 Å². The van der Waals surface area contributed by atoms with Crippen molar-refractivity contribution < 1.29 is 9.47 Å². The van der Waals surface area contributed by atoms with Gasteiger partial charge in [-0.1, -0.05) is 18.5 Å². The Kier molecular flexibility index (Phi) is 5.37. The highest BCUT2D eigenvalue weighted by Gasteiger charge is 2.37. The highest BCUT2D eigenvalue weighted by molar-refractivity contribution is 6.30. The number of rotatable bonds is 6. The lowest BCUT2D eigenvalue weighted by molar-refractivity contribution is 0.0535. The third-order valence-electron chi connectivity index (χ3n) is 5.46. The molecule has 4 rings (SSSR count). The number of hydrogen-bond acceptors (Lipinski definition) is 6. The maximum absolute atomic E-state index is 6.34. The first-order chi connectivity index (χ1) is 13.6. The summed E-state index contributed by atoms with van der Waals surface area (Å²) in [5.74, 6) is 2.33. The van der Waals surface area contributed by atoms with E-state index in [0.29, 0.717) is 30.6 Å².